The van der Waals surface area contributed by atoms with Gasteiger partial charge >= 0.3 is 11.7 Å². The molecule has 2 N–H and O–H groups in total. The van der Waals surface area contributed by atoms with Crippen LogP contribution in [0.3, 0.4) is 0 Å². The molecule has 194 valence electrons. The molecule has 2 aromatic heterocycles. The summed E-state index contributed by atoms with van der Waals surface area (Å²) in [6.45, 7) is 3.22. The van der Waals surface area contributed by atoms with Gasteiger partial charge in [-0.3, -0.25) is 10.1 Å². The number of ketones is 1. The summed E-state index contributed by atoms with van der Waals surface area (Å²) in [7, 11) is -2.85. The van der Waals surface area contributed by atoms with Crippen LogP contribution in [0.2, 0.25) is 0 Å². The lowest BCUT2D eigenvalue weighted by Crippen LogP contribution is -2.16. The number of Topliss-reactive ketones (excluding diaryl/α,β-unsaturated/α-hetero) is 1. The van der Waals surface area contributed by atoms with Crippen LogP contribution in [-0.4, -0.2) is 29.0 Å². The van der Waals surface area contributed by atoms with Crippen LogP contribution >= 0.6 is 11.3 Å². The van der Waals surface area contributed by atoms with Gasteiger partial charge in [-0.25, -0.2) is 19.0 Å². The summed E-state index contributed by atoms with van der Waals surface area (Å²) in [5.41, 5.74) is -1.35. The van der Waals surface area contributed by atoms with E-state index in [4.69, 9.17) is 13.3 Å². The summed E-state index contributed by atoms with van der Waals surface area (Å²) in [5.74, 6) is -1.44. The van der Waals surface area contributed by atoms with E-state index < -0.39 is 41.7 Å². The van der Waals surface area contributed by atoms with Gasteiger partial charge in [-0.2, -0.15) is 0 Å². The second-order valence-corrected chi connectivity index (χ2v) is 8.88. The number of halogens is 1. The van der Waals surface area contributed by atoms with E-state index in [1.807, 2.05) is 0 Å². The zero-order valence-electron chi connectivity index (χ0n) is 22.8. The first kappa shape index (κ1) is 23.2. The minimum atomic E-state index is -2.85. The molecule has 3 rings (SSSR count). The molecule has 0 radical (unpaired) electrons. The van der Waals surface area contributed by atoms with Gasteiger partial charge < -0.3 is 19.0 Å². The standard InChI is InChI=1S/C26H25FN2O7S/c1-15(6-4-5-11-28-25(33)34-3)21-13-20(30)22(24(32)36-21)23(31)16(2)12-19-14-29-26(37-19)35-18-9-7-17(27)8-10-18/h5,7-15,30H,4,6H2,1-3H3,(H,28,33)/b11-5+,16-12+/i3D3. The maximum atomic E-state index is 13.1. The average molecular weight is 532 g/mol. The summed E-state index contributed by atoms with van der Waals surface area (Å²) in [5, 5.41) is 12.9. The number of allylic oxidation sites excluding steroid dienone is 2. The summed E-state index contributed by atoms with van der Waals surface area (Å²) < 4.78 is 48.6. The first-order valence-electron chi connectivity index (χ1n) is 12.5. The van der Waals surface area contributed by atoms with Crippen LogP contribution in [0.25, 0.3) is 6.08 Å². The molecular weight excluding hydrogens is 503 g/mol. The van der Waals surface area contributed by atoms with Crippen LogP contribution in [0.15, 0.2) is 63.6 Å². The normalized spacial score (nSPS) is 13.9. The zero-order chi connectivity index (χ0) is 29.4. The number of benzene rings is 1. The highest BCUT2D eigenvalue weighted by Crippen LogP contribution is 2.29. The quantitative estimate of drug-likeness (QED) is 0.249. The van der Waals surface area contributed by atoms with Crippen molar-refractivity contribution in [2.24, 2.45) is 0 Å². The van der Waals surface area contributed by atoms with E-state index in [-0.39, 0.29) is 22.4 Å². The molecular formula is C26H25FN2O7S. The van der Waals surface area contributed by atoms with Crippen LogP contribution in [-0.2, 0) is 4.74 Å². The van der Waals surface area contributed by atoms with Crippen LogP contribution in [0.1, 0.15) is 57.7 Å². The molecule has 2 heterocycles. The number of carbonyl (C=O) groups excluding carboxylic acids is 2. The van der Waals surface area contributed by atoms with Gasteiger partial charge in [-0.05, 0) is 55.7 Å². The number of nitrogens with zero attached hydrogens (tertiary/aromatic N) is 1. The van der Waals surface area contributed by atoms with Gasteiger partial charge in [0.15, 0.2) is 5.78 Å². The van der Waals surface area contributed by atoms with Crippen molar-refractivity contribution in [2.75, 3.05) is 7.04 Å². The van der Waals surface area contributed by atoms with Gasteiger partial charge in [-0.15, -0.1) is 0 Å². The Bertz CT molecular complexity index is 1480. The highest BCUT2D eigenvalue weighted by Gasteiger charge is 2.22. The third-order valence-corrected chi connectivity index (χ3v) is 5.90. The van der Waals surface area contributed by atoms with Crippen molar-refractivity contribution >= 4 is 29.3 Å². The van der Waals surface area contributed by atoms with Crippen molar-refractivity contribution in [1.82, 2.24) is 10.3 Å². The fourth-order valence-electron chi connectivity index (χ4n) is 3.14. The largest absolute Gasteiger partial charge is 0.507 e. The number of carbonyl (C=O) groups is 2. The lowest BCUT2D eigenvalue weighted by Gasteiger charge is -2.11. The number of aromatic hydroxyl groups is 1. The van der Waals surface area contributed by atoms with Gasteiger partial charge in [-0.1, -0.05) is 24.3 Å². The van der Waals surface area contributed by atoms with Crippen LogP contribution < -0.4 is 15.7 Å². The predicted molar refractivity (Wildman–Crippen MR) is 136 cm³/mol. The maximum absolute atomic E-state index is 13.1. The number of thiazole rings is 1. The van der Waals surface area contributed by atoms with E-state index in [1.54, 1.807) is 13.0 Å². The molecule has 1 aromatic carbocycles. The molecule has 1 amide bonds. The summed E-state index contributed by atoms with van der Waals surface area (Å²) >= 11 is 1.12. The number of hydrogen-bond donors (Lipinski definition) is 2. The highest BCUT2D eigenvalue weighted by atomic mass is 32.1. The Labute approximate surface area is 220 Å². The van der Waals surface area contributed by atoms with Crippen molar-refractivity contribution < 1.29 is 37.1 Å². The third-order valence-electron chi connectivity index (χ3n) is 5.08. The topological polar surface area (TPSA) is 128 Å². The molecule has 0 bridgehead atoms. The summed E-state index contributed by atoms with van der Waals surface area (Å²) in [6.07, 6.45) is 5.45. The lowest BCUT2D eigenvalue weighted by atomic mass is 10.00. The fraction of sp³-hybridized carbons (Fsp3) is 0.231. The van der Waals surface area contributed by atoms with Gasteiger partial charge in [0.25, 0.3) is 5.19 Å². The van der Waals surface area contributed by atoms with E-state index in [1.165, 1.54) is 55.7 Å². The Morgan fingerprint density at radius 2 is 2.11 bits per heavy atom. The van der Waals surface area contributed by atoms with Gasteiger partial charge in [0.1, 0.15) is 28.6 Å². The molecule has 0 aliphatic heterocycles. The average Bonchev–Trinajstić information content (AvgIpc) is 3.29. The molecule has 3 aromatic rings. The Hall–Kier alpha value is -4.25. The lowest BCUT2D eigenvalue weighted by molar-refractivity contribution is 0.102. The number of rotatable bonds is 10. The Balaban J connectivity index is 1.61. The van der Waals surface area contributed by atoms with Crippen LogP contribution in [0.4, 0.5) is 9.18 Å². The van der Waals surface area contributed by atoms with E-state index in [9.17, 15) is 23.9 Å². The van der Waals surface area contributed by atoms with Crippen molar-refractivity contribution in [1.29, 1.82) is 0 Å². The number of amides is 1. The van der Waals surface area contributed by atoms with Crippen molar-refractivity contribution in [3.05, 3.63) is 86.8 Å². The van der Waals surface area contributed by atoms with E-state index in [0.717, 1.165) is 11.3 Å². The van der Waals surface area contributed by atoms with Crippen molar-refractivity contribution in [3.8, 4) is 16.7 Å². The monoisotopic (exact) mass is 531 g/mol. The number of aromatic nitrogens is 1. The molecule has 37 heavy (non-hydrogen) atoms. The third kappa shape index (κ3) is 7.61. The number of hydrogen-bond acceptors (Lipinski definition) is 9. The molecule has 11 heteroatoms. The van der Waals surface area contributed by atoms with Gasteiger partial charge in [0.2, 0.25) is 0 Å². The molecule has 0 aliphatic rings. The first-order valence-corrected chi connectivity index (χ1v) is 11.8. The van der Waals surface area contributed by atoms with Crippen molar-refractivity contribution in [2.45, 2.75) is 32.6 Å². The molecule has 9 nitrogen and oxygen atoms in total. The number of ether oxygens (including phenoxy) is 2. The molecule has 1 atom stereocenters. The Morgan fingerprint density at radius 3 is 2.81 bits per heavy atom. The smallest absolute Gasteiger partial charge is 0.410 e. The van der Waals surface area contributed by atoms with Crippen LogP contribution in [0, 0.1) is 5.82 Å². The minimum absolute atomic E-state index is 0.148. The van der Waals surface area contributed by atoms with Crippen LogP contribution in [0.5, 0.6) is 16.7 Å². The van der Waals surface area contributed by atoms with E-state index in [2.05, 4.69) is 15.0 Å². The molecule has 0 saturated carbocycles. The Morgan fingerprint density at radius 1 is 1.35 bits per heavy atom. The predicted octanol–water partition coefficient (Wildman–Crippen LogP) is 5.77. The minimum Gasteiger partial charge on any atom is -0.507 e. The molecule has 1 unspecified atom stereocenters. The number of alkyl carbamates (subject to hydrolysis) is 1. The van der Waals surface area contributed by atoms with Crippen molar-refractivity contribution in [3.63, 3.8) is 0 Å². The first-order chi connectivity index (χ1) is 18.8. The van der Waals surface area contributed by atoms with Gasteiger partial charge in [0, 0.05) is 24.4 Å². The van der Waals surface area contributed by atoms with E-state index in [0.29, 0.717) is 23.5 Å². The molecule has 0 fully saturated rings. The molecule has 0 spiro atoms. The van der Waals surface area contributed by atoms with Gasteiger partial charge in [0.05, 0.1) is 16.0 Å². The summed E-state index contributed by atoms with van der Waals surface area (Å²) in [4.78, 5) is 41.5. The second kappa shape index (κ2) is 12.6. The number of methoxy groups -OCH3 is 1. The fourth-order valence-corrected chi connectivity index (χ4v) is 3.93. The Kier molecular flexibility index (Phi) is 7.91. The maximum Gasteiger partial charge on any atom is 0.410 e. The molecule has 0 saturated heterocycles. The van der Waals surface area contributed by atoms with E-state index >= 15 is 0 Å². The molecule has 0 aliphatic carbocycles. The number of nitrogens with one attached hydrogen (secondary N) is 1. The summed E-state index contributed by atoms with van der Waals surface area (Å²) in [6, 6.07) is 6.61. The second-order valence-electron chi connectivity index (χ2n) is 7.85. The SMILES string of the molecule is [2H]C([2H])([2H])OC(=O)N/C=C/CCC(C)c1cc(O)c(C(=O)/C(C)=C/c2cnc(Oc3ccc(F)cc3)s2)c(=O)o1. The highest BCUT2D eigenvalue weighted by molar-refractivity contribution is 7.14. The zero-order valence-corrected chi connectivity index (χ0v) is 20.6.